The Kier molecular flexibility index (Phi) is 3.51. The molecule has 1 aliphatic rings. The van der Waals surface area contributed by atoms with Crippen molar-refractivity contribution in [3.63, 3.8) is 0 Å². The summed E-state index contributed by atoms with van der Waals surface area (Å²) >= 11 is 1.49. The van der Waals surface area contributed by atoms with E-state index in [-0.39, 0.29) is 5.91 Å². The van der Waals surface area contributed by atoms with Crippen LogP contribution in [0.25, 0.3) is 0 Å². The van der Waals surface area contributed by atoms with E-state index in [0.717, 1.165) is 18.1 Å². The van der Waals surface area contributed by atoms with Gasteiger partial charge in [-0.3, -0.25) is 4.79 Å². The second-order valence-corrected chi connectivity index (χ2v) is 5.47. The molecule has 1 aromatic heterocycles. The van der Waals surface area contributed by atoms with Gasteiger partial charge in [-0.1, -0.05) is 42.1 Å². The fraction of sp³-hybridized carbons (Fsp3) is 0.200. The molecule has 19 heavy (non-hydrogen) atoms. The largest absolute Gasteiger partial charge is 0.333 e. The fourth-order valence-electron chi connectivity index (χ4n) is 2.17. The van der Waals surface area contributed by atoms with Gasteiger partial charge in [0.1, 0.15) is 0 Å². The van der Waals surface area contributed by atoms with Crippen LogP contribution in [0.1, 0.15) is 11.1 Å². The van der Waals surface area contributed by atoms with Crippen LogP contribution >= 0.6 is 11.8 Å². The summed E-state index contributed by atoms with van der Waals surface area (Å²) < 4.78 is 0. The molecule has 2 aromatic rings. The standard InChI is InChI=1S/C15H14N2OS/c18-15(11-19-14-7-3-4-8-16-14)17-9-12-5-1-2-6-13(12)10-17/h1-8H,9-11H2. The number of aromatic nitrogens is 1. The maximum Gasteiger partial charge on any atom is 0.233 e. The molecule has 1 amide bonds. The van der Waals surface area contributed by atoms with Gasteiger partial charge in [0.15, 0.2) is 0 Å². The number of hydrogen-bond donors (Lipinski definition) is 0. The normalized spacial score (nSPS) is 13.4. The molecule has 96 valence electrons. The number of amides is 1. The zero-order chi connectivity index (χ0) is 13.1. The highest BCUT2D eigenvalue weighted by Crippen LogP contribution is 2.23. The van der Waals surface area contributed by atoms with E-state index >= 15 is 0 Å². The Labute approximate surface area is 116 Å². The zero-order valence-corrected chi connectivity index (χ0v) is 11.3. The lowest BCUT2D eigenvalue weighted by Crippen LogP contribution is -2.26. The van der Waals surface area contributed by atoms with Crippen LogP contribution in [0.2, 0.25) is 0 Å². The molecule has 0 radical (unpaired) electrons. The average molecular weight is 270 g/mol. The number of hydrogen-bond acceptors (Lipinski definition) is 3. The van der Waals surface area contributed by atoms with Gasteiger partial charge in [0.25, 0.3) is 0 Å². The minimum atomic E-state index is 0.173. The quantitative estimate of drug-likeness (QED) is 0.804. The van der Waals surface area contributed by atoms with Crippen LogP contribution in [0.5, 0.6) is 0 Å². The fourth-order valence-corrected chi connectivity index (χ4v) is 2.93. The predicted molar refractivity (Wildman–Crippen MR) is 75.7 cm³/mol. The summed E-state index contributed by atoms with van der Waals surface area (Å²) in [6.07, 6.45) is 1.75. The van der Waals surface area contributed by atoms with E-state index in [1.54, 1.807) is 6.20 Å². The molecule has 1 aromatic carbocycles. The SMILES string of the molecule is O=C(CSc1ccccn1)N1Cc2ccccc2C1. The van der Waals surface area contributed by atoms with Crippen LogP contribution in [0.15, 0.2) is 53.7 Å². The molecule has 4 heteroatoms. The third-order valence-corrected chi connectivity index (χ3v) is 4.10. The Balaban J connectivity index is 1.58. The zero-order valence-electron chi connectivity index (χ0n) is 10.5. The van der Waals surface area contributed by atoms with Crippen LogP contribution in [-0.2, 0) is 17.9 Å². The molecule has 3 nitrogen and oxygen atoms in total. The lowest BCUT2D eigenvalue weighted by Gasteiger charge is -2.14. The highest BCUT2D eigenvalue weighted by Gasteiger charge is 2.22. The number of carbonyl (C=O) groups excluding carboxylic acids is 1. The number of carbonyl (C=O) groups is 1. The van der Waals surface area contributed by atoms with Gasteiger partial charge in [-0.2, -0.15) is 0 Å². The molecule has 0 aliphatic carbocycles. The molecule has 0 spiro atoms. The van der Waals surface area contributed by atoms with Crippen molar-refractivity contribution in [3.8, 4) is 0 Å². The molecule has 2 heterocycles. The van der Waals surface area contributed by atoms with Crippen molar-refractivity contribution < 1.29 is 4.79 Å². The molecule has 0 unspecified atom stereocenters. The van der Waals surface area contributed by atoms with Gasteiger partial charge in [-0.15, -0.1) is 0 Å². The van der Waals surface area contributed by atoms with E-state index in [9.17, 15) is 4.79 Å². The smallest absolute Gasteiger partial charge is 0.233 e. The summed E-state index contributed by atoms with van der Waals surface area (Å²) in [4.78, 5) is 18.3. The van der Waals surface area contributed by atoms with Gasteiger partial charge in [0, 0.05) is 19.3 Å². The van der Waals surface area contributed by atoms with E-state index in [1.165, 1.54) is 22.9 Å². The van der Waals surface area contributed by atoms with Gasteiger partial charge in [-0.25, -0.2) is 4.98 Å². The van der Waals surface area contributed by atoms with Gasteiger partial charge in [0.05, 0.1) is 10.8 Å². The highest BCUT2D eigenvalue weighted by atomic mass is 32.2. The summed E-state index contributed by atoms with van der Waals surface area (Å²) in [6.45, 7) is 1.47. The Morgan fingerprint density at radius 2 is 1.79 bits per heavy atom. The lowest BCUT2D eigenvalue weighted by molar-refractivity contribution is -0.128. The lowest BCUT2D eigenvalue weighted by atomic mass is 10.1. The molecule has 0 saturated carbocycles. The second kappa shape index (κ2) is 5.45. The van der Waals surface area contributed by atoms with Crippen LogP contribution in [0, 0.1) is 0 Å². The first-order valence-electron chi connectivity index (χ1n) is 6.21. The van der Waals surface area contributed by atoms with E-state index in [0.29, 0.717) is 5.75 Å². The summed E-state index contributed by atoms with van der Waals surface area (Å²) in [5.74, 6) is 0.622. The predicted octanol–water partition coefficient (Wildman–Crippen LogP) is 2.72. The van der Waals surface area contributed by atoms with Crippen LogP contribution < -0.4 is 0 Å². The Morgan fingerprint density at radius 1 is 1.11 bits per heavy atom. The number of thioether (sulfide) groups is 1. The highest BCUT2D eigenvalue weighted by molar-refractivity contribution is 7.99. The van der Waals surface area contributed by atoms with Crippen LogP contribution in [-0.4, -0.2) is 21.5 Å². The molecule has 1 aliphatic heterocycles. The number of nitrogens with zero attached hydrogens (tertiary/aromatic N) is 2. The maximum absolute atomic E-state index is 12.2. The molecule has 0 fully saturated rings. The van der Waals surface area contributed by atoms with Crippen molar-refractivity contribution >= 4 is 17.7 Å². The Hall–Kier alpha value is -1.81. The van der Waals surface area contributed by atoms with Gasteiger partial charge >= 0.3 is 0 Å². The molecule has 0 N–H and O–H groups in total. The molecule has 0 bridgehead atoms. The monoisotopic (exact) mass is 270 g/mol. The van der Waals surface area contributed by atoms with Crippen molar-refractivity contribution in [2.75, 3.05) is 5.75 Å². The van der Waals surface area contributed by atoms with Crippen LogP contribution in [0.4, 0.5) is 0 Å². The molecule has 0 atom stereocenters. The Bertz CT molecular complexity index is 561. The molecular weight excluding hydrogens is 256 g/mol. The summed E-state index contributed by atoms with van der Waals surface area (Å²) in [7, 11) is 0. The van der Waals surface area contributed by atoms with E-state index in [2.05, 4.69) is 17.1 Å². The van der Waals surface area contributed by atoms with Crippen molar-refractivity contribution in [1.82, 2.24) is 9.88 Å². The van der Waals surface area contributed by atoms with E-state index in [1.807, 2.05) is 35.2 Å². The van der Waals surface area contributed by atoms with Gasteiger partial charge < -0.3 is 4.90 Å². The topological polar surface area (TPSA) is 33.2 Å². The molecular formula is C15H14N2OS. The first-order chi connectivity index (χ1) is 9.33. The first kappa shape index (κ1) is 12.2. The second-order valence-electron chi connectivity index (χ2n) is 4.48. The first-order valence-corrected chi connectivity index (χ1v) is 7.20. The van der Waals surface area contributed by atoms with Crippen molar-refractivity contribution in [1.29, 1.82) is 0 Å². The molecule has 3 rings (SSSR count). The number of benzene rings is 1. The van der Waals surface area contributed by atoms with Crippen molar-refractivity contribution in [3.05, 3.63) is 59.8 Å². The third kappa shape index (κ3) is 2.79. The number of pyridine rings is 1. The molecule has 0 saturated heterocycles. The summed E-state index contributed by atoms with van der Waals surface area (Å²) in [5, 5.41) is 0.896. The summed E-state index contributed by atoms with van der Waals surface area (Å²) in [5.41, 5.74) is 2.53. The third-order valence-electron chi connectivity index (χ3n) is 3.17. The van der Waals surface area contributed by atoms with Gasteiger partial charge in [0.2, 0.25) is 5.91 Å². The van der Waals surface area contributed by atoms with Gasteiger partial charge in [-0.05, 0) is 23.3 Å². The minimum Gasteiger partial charge on any atom is -0.333 e. The number of fused-ring (bicyclic) bond motifs is 1. The van der Waals surface area contributed by atoms with E-state index in [4.69, 9.17) is 0 Å². The van der Waals surface area contributed by atoms with Crippen LogP contribution in [0.3, 0.4) is 0 Å². The van der Waals surface area contributed by atoms with Crippen molar-refractivity contribution in [2.24, 2.45) is 0 Å². The van der Waals surface area contributed by atoms with Crippen molar-refractivity contribution in [2.45, 2.75) is 18.1 Å². The summed E-state index contributed by atoms with van der Waals surface area (Å²) in [6, 6.07) is 14.0. The minimum absolute atomic E-state index is 0.173. The maximum atomic E-state index is 12.2. The number of rotatable bonds is 3. The average Bonchev–Trinajstić information content (AvgIpc) is 2.90. The van der Waals surface area contributed by atoms with E-state index < -0.39 is 0 Å². The Morgan fingerprint density at radius 3 is 2.42 bits per heavy atom.